The Kier molecular flexibility index (Phi) is 3.60. The molecule has 0 aromatic carbocycles. The summed E-state index contributed by atoms with van der Waals surface area (Å²) < 4.78 is 1.23. The van der Waals surface area contributed by atoms with Crippen molar-refractivity contribution in [2.24, 2.45) is 0 Å². The van der Waals surface area contributed by atoms with Gasteiger partial charge in [-0.25, -0.2) is 4.79 Å². The average molecular weight is 263 g/mol. The van der Waals surface area contributed by atoms with Crippen LogP contribution in [0.5, 0.6) is 0 Å². The van der Waals surface area contributed by atoms with Gasteiger partial charge in [-0.05, 0) is 19.1 Å². The predicted octanol–water partition coefficient (Wildman–Crippen LogP) is 0.182. The molecule has 0 saturated heterocycles. The molecule has 2 heterocycles. The number of aliphatic carboxylic acids is 1. The number of nitrogens with one attached hydrogen (secondary N) is 2. The summed E-state index contributed by atoms with van der Waals surface area (Å²) in [6, 6.07) is 2.40. The fraction of sp³-hybridized carbons (Fsp3) is 0.273. The van der Waals surface area contributed by atoms with Crippen molar-refractivity contribution in [2.45, 2.75) is 19.5 Å². The van der Waals surface area contributed by atoms with Crippen molar-refractivity contribution >= 4 is 11.9 Å². The molecule has 3 N–H and O–H groups in total. The first kappa shape index (κ1) is 12.8. The lowest BCUT2D eigenvalue weighted by atomic mass is 10.3. The normalized spacial score (nSPS) is 12.1. The minimum absolute atomic E-state index is 0.174. The second kappa shape index (κ2) is 5.34. The summed E-state index contributed by atoms with van der Waals surface area (Å²) in [4.78, 5) is 22.6. The summed E-state index contributed by atoms with van der Waals surface area (Å²) in [5.74, 6) is -1.38. The molecular formula is C11H13N5O3. The van der Waals surface area contributed by atoms with Gasteiger partial charge >= 0.3 is 5.97 Å². The minimum atomic E-state index is -1.01. The highest BCUT2D eigenvalue weighted by Gasteiger charge is 2.16. The largest absolute Gasteiger partial charge is 0.480 e. The first-order valence-corrected chi connectivity index (χ1v) is 5.62. The summed E-state index contributed by atoms with van der Waals surface area (Å²) in [6.45, 7) is 1.79. The second-order valence-electron chi connectivity index (χ2n) is 3.96. The van der Waals surface area contributed by atoms with Gasteiger partial charge < -0.3 is 10.4 Å². The van der Waals surface area contributed by atoms with Crippen LogP contribution >= 0.6 is 0 Å². The number of nitrogens with zero attached hydrogens (tertiary/aromatic N) is 3. The van der Waals surface area contributed by atoms with Crippen LogP contribution in [-0.4, -0.2) is 37.0 Å². The minimum Gasteiger partial charge on any atom is -0.480 e. The lowest BCUT2D eigenvalue weighted by Gasteiger charge is -2.05. The molecule has 2 aromatic rings. The standard InChI is InChI=1S/C11H13N5O3/c1-7(11(18)19)16-5-3-9(15-16)10(17)12-6-8-2-4-13-14-8/h2-5,7H,6H2,1H3,(H,12,17)(H,13,14)(H,18,19). The molecule has 100 valence electrons. The fourth-order valence-electron chi connectivity index (χ4n) is 1.44. The van der Waals surface area contributed by atoms with E-state index in [0.29, 0.717) is 6.54 Å². The molecule has 8 heteroatoms. The molecule has 0 aliphatic rings. The lowest BCUT2D eigenvalue weighted by molar-refractivity contribution is -0.140. The number of carbonyl (C=O) groups is 2. The molecule has 0 spiro atoms. The average Bonchev–Trinajstić information content (AvgIpc) is 3.05. The zero-order valence-electron chi connectivity index (χ0n) is 10.2. The van der Waals surface area contributed by atoms with E-state index in [1.807, 2.05) is 0 Å². The lowest BCUT2D eigenvalue weighted by Crippen LogP contribution is -2.24. The molecule has 0 saturated carbocycles. The molecule has 2 rings (SSSR count). The number of rotatable bonds is 5. The molecule has 8 nitrogen and oxygen atoms in total. The quantitative estimate of drug-likeness (QED) is 0.712. The Morgan fingerprint density at radius 3 is 2.95 bits per heavy atom. The van der Waals surface area contributed by atoms with Crippen molar-refractivity contribution in [2.75, 3.05) is 0 Å². The zero-order chi connectivity index (χ0) is 13.8. The van der Waals surface area contributed by atoms with E-state index in [4.69, 9.17) is 5.11 Å². The van der Waals surface area contributed by atoms with Crippen molar-refractivity contribution in [3.63, 3.8) is 0 Å². The van der Waals surface area contributed by atoms with Crippen molar-refractivity contribution < 1.29 is 14.7 Å². The molecule has 0 aliphatic carbocycles. The molecular weight excluding hydrogens is 250 g/mol. The smallest absolute Gasteiger partial charge is 0.328 e. The number of hydrogen-bond donors (Lipinski definition) is 3. The summed E-state index contributed by atoms with van der Waals surface area (Å²) in [7, 11) is 0. The van der Waals surface area contributed by atoms with E-state index in [1.165, 1.54) is 23.9 Å². The number of aromatic amines is 1. The third kappa shape index (κ3) is 2.97. The molecule has 0 bridgehead atoms. The Bertz CT molecular complexity index is 575. The van der Waals surface area contributed by atoms with Gasteiger partial charge in [0, 0.05) is 12.4 Å². The van der Waals surface area contributed by atoms with Crippen molar-refractivity contribution in [1.29, 1.82) is 0 Å². The summed E-state index contributed by atoms with van der Waals surface area (Å²) in [6.07, 6.45) is 3.05. The van der Waals surface area contributed by atoms with Crippen molar-refractivity contribution in [3.8, 4) is 0 Å². The van der Waals surface area contributed by atoms with E-state index in [9.17, 15) is 9.59 Å². The van der Waals surface area contributed by atoms with Gasteiger partial charge in [0.15, 0.2) is 0 Å². The summed E-state index contributed by atoms with van der Waals surface area (Å²) in [5, 5.41) is 21.9. The van der Waals surface area contributed by atoms with E-state index in [-0.39, 0.29) is 11.6 Å². The number of hydrogen-bond acceptors (Lipinski definition) is 4. The van der Waals surface area contributed by atoms with Crippen LogP contribution in [0.2, 0.25) is 0 Å². The molecule has 1 atom stereocenters. The van der Waals surface area contributed by atoms with Gasteiger partial charge in [-0.3, -0.25) is 14.6 Å². The van der Waals surface area contributed by atoms with Crippen LogP contribution in [0, 0.1) is 0 Å². The highest BCUT2D eigenvalue weighted by Crippen LogP contribution is 2.06. The Hall–Kier alpha value is -2.64. The first-order chi connectivity index (χ1) is 9.08. The van der Waals surface area contributed by atoms with E-state index in [2.05, 4.69) is 20.6 Å². The number of carboxylic acids is 1. The number of aromatic nitrogens is 4. The zero-order valence-corrected chi connectivity index (χ0v) is 10.2. The second-order valence-corrected chi connectivity index (χ2v) is 3.96. The van der Waals surface area contributed by atoms with Gasteiger partial charge in [-0.1, -0.05) is 0 Å². The van der Waals surface area contributed by atoms with Gasteiger partial charge in [-0.15, -0.1) is 0 Å². The van der Waals surface area contributed by atoms with Gasteiger partial charge in [0.1, 0.15) is 11.7 Å². The number of carboxylic acid groups (broad SMARTS) is 1. The van der Waals surface area contributed by atoms with Crippen LogP contribution in [-0.2, 0) is 11.3 Å². The SMILES string of the molecule is CC(C(=O)O)n1ccc(C(=O)NCc2ccn[nH]2)n1. The van der Waals surface area contributed by atoms with Crippen LogP contribution in [0.15, 0.2) is 24.5 Å². The maximum atomic E-state index is 11.8. The third-order valence-electron chi connectivity index (χ3n) is 2.59. The Morgan fingerprint density at radius 1 is 1.53 bits per heavy atom. The van der Waals surface area contributed by atoms with Crippen molar-refractivity contribution in [3.05, 3.63) is 35.9 Å². The Morgan fingerprint density at radius 2 is 2.32 bits per heavy atom. The molecule has 0 radical (unpaired) electrons. The summed E-state index contributed by atoms with van der Waals surface area (Å²) >= 11 is 0. The van der Waals surface area contributed by atoms with Crippen molar-refractivity contribution in [1.82, 2.24) is 25.3 Å². The van der Waals surface area contributed by atoms with Crippen LogP contribution < -0.4 is 5.32 Å². The van der Waals surface area contributed by atoms with Gasteiger partial charge in [-0.2, -0.15) is 10.2 Å². The third-order valence-corrected chi connectivity index (χ3v) is 2.59. The van der Waals surface area contributed by atoms with E-state index < -0.39 is 12.0 Å². The topological polar surface area (TPSA) is 113 Å². The number of H-pyrrole nitrogens is 1. The van der Waals surface area contributed by atoms with Crippen LogP contribution in [0.3, 0.4) is 0 Å². The predicted molar refractivity (Wildman–Crippen MR) is 64.3 cm³/mol. The first-order valence-electron chi connectivity index (χ1n) is 5.62. The van der Waals surface area contributed by atoms with Crippen LogP contribution in [0.25, 0.3) is 0 Å². The molecule has 19 heavy (non-hydrogen) atoms. The summed E-state index contributed by atoms with van der Waals surface area (Å²) in [5.41, 5.74) is 0.944. The molecule has 1 unspecified atom stereocenters. The number of carbonyl (C=O) groups excluding carboxylic acids is 1. The maximum absolute atomic E-state index is 11.8. The molecule has 1 amide bonds. The van der Waals surface area contributed by atoms with E-state index >= 15 is 0 Å². The van der Waals surface area contributed by atoms with Gasteiger partial charge in [0.25, 0.3) is 5.91 Å². The Labute approximate surface area is 108 Å². The molecule has 0 fully saturated rings. The van der Waals surface area contributed by atoms with E-state index in [1.54, 1.807) is 12.3 Å². The highest BCUT2D eigenvalue weighted by molar-refractivity contribution is 5.92. The highest BCUT2D eigenvalue weighted by atomic mass is 16.4. The Balaban J connectivity index is 1.98. The molecule has 2 aromatic heterocycles. The monoisotopic (exact) mass is 263 g/mol. The maximum Gasteiger partial charge on any atom is 0.328 e. The van der Waals surface area contributed by atoms with Gasteiger partial charge in [0.05, 0.1) is 12.2 Å². The van der Waals surface area contributed by atoms with E-state index in [0.717, 1.165) is 5.69 Å². The van der Waals surface area contributed by atoms with Crippen LogP contribution in [0.4, 0.5) is 0 Å². The van der Waals surface area contributed by atoms with Crippen LogP contribution in [0.1, 0.15) is 29.1 Å². The van der Waals surface area contributed by atoms with Gasteiger partial charge in [0.2, 0.25) is 0 Å². The molecule has 0 aliphatic heterocycles. The number of amides is 1. The fourth-order valence-corrected chi connectivity index (χ4v) is 1.44.